The maximum atomic E-state index is 13.7. The number of anilines is 3. The lowest BCUT2D eigenvalue weighted by atomic mass is 10.1. The van der Waals surface area contributed by atoms with Crippen LogP contribution >= 0.6 is 0 Å². The van der Waals surface area contributed by atoms with Crippen molar-refractivity contribution in [2.24, 2.45) is 0 Å². The number of carbonyl (C=O) groups is 1. The number of piperidine rings is 1. The summed E-state index contributed by atoms with van der Waals surface area (Å²) in [6, 6.07) is 6.61. The van der Waals surface area contributed by atoms with Gasteiger partial charge in [0.25, 0.3) is 0 Å². The maximum absolute atomic E-state index is 13.7. The third-order valence-corrected chi connectivity index (χ3v) is 5.80. The van der Waals surface area contributed by atoms with Crippen molar-refractivity contribution in [1.82, 2.24) is 14.9 Å². The van der Waals surface area contributed by atoms with E-state index in [9.17, 15) is 9.18 Å². The van der Waals surface area contributed by atoms with Crippen molar-refractivity contribution in [2.45, 2.75) is 33.1 Å². The Morgan fingerprint density at radius 1 is 0.900 bits per heavy atom. The summed E-state index contributed by atoms with van der Waals surface area (Å²) in [7, 11) is 0. The van der Waals surface area contributed by atoms with Crippen molar-refractivity contribution in [3.8, 4) is 0 Å². The summed E-state index contributed by atoms with van der Waals surface area (Å²) in [5, 5.41) is 2.79. The van der Waals surface area contributed by atoms with Gasteiger partial charge in [-0.3, -0.25) is 0 Å². The van der Waals surface area contributed by atoms with E-state index < -0.39 is 0 Å². The molecule has 2 aromatic rings. The van der Waals surface area contributed by atoms with Crippen LogP contribution in [0.2, 0.25) is 0 Å². The fourth-order valence-corrected chi connectivity index (χ4v) is 4.00. The molecule has 30 heavy (non-hydrogen) atoms. The molecule has 2 aliphatic heterocycles. The highest BCUT2D eigenvalue weighted by Crippen LogP contribution is 2.23. The lowest BCUT2D eigenvalue weighted by molar-refractivity contribution is 0.208. The number of aromatic nitrogens is 2. The highest BCUT2D eigenvalue weighted by Gasteiger charge is 2.23. The molecule has 160 valence electrons. The van der Waals surface area contributed by atoms with Gasteiger partial charge in [0.1, 0.15) is 23.3 Å². The quantitative estimate of drug-likeness (QED) is 0.835. The Kier molecular flexibility index (Phi) is 6.01. The molecule has 0 bridgehead atoms. The van der Waals surface area contributed by atoms with Crippen LogP contribution < -0.4 is 15.1 Å². The van der Waals surface area contributed by atoms with Gasteiger partial charge in [-0.1, -0.05) is 6.07 Å². The van der Waals surface area contributed by atoms with Crippen LogP contribution in [0.5, 0.6) is 0 Å². The van der Waals surface area contributed by atoms with E-state index in [2.05, 4.69) is 31.2 Å². The molecule has 2 saturated heterocycles. The molecule has 1 N–H and O–H groups in total. The zero-order valence-corrected chi connectivity index (χ0v) is 17.7. The molecule has 4 rings (SSSR count). The molecule has 7 nitrogen and oxygen atoms in total. The molecule has 0 atom stereocenters. The van der Waals surface area contributed by atoms with Crippen LogP contribution in [0.4, 0.5) is 26.5 Å². The second-order valence-electron chi connectivity index (χ2n) is 8.05. The van der Waals surface area contributed by atoms with Crippen molar-refractivity contribution in [3.63, 3.8) is 0 Å². The number of nitrogens with zero attached hydrogens (tertiary/aromatic N) is 5. The Balaban J connectivity index is 1.37. The summed E-state index contributed by atoms with van der Waals surface area (Å²) in [6.07, 6.45) is 3.70. The molecule has 3 heterocycles. The SMILES string of the molecule is Cc1nc(N2CCCCC2)cc(N2CCN(C(=O)Nc3ccc(C)c(F)c3)CC2)n1. The van der Waals surface area contributed by atoms with Gasteiger partial charge in [-0.2, -0.15) is 0 Å². The third kappa shape index (κ3) is 4.63. The highest BCUT2D eigenvalue weighted by atomic mass is 19.1. The molecule has 0 spiro atoms. The molecular formula is C22H29FN6O. The molecular weight excluding hydrogens is 383 g/mol. The zero-order chi connectivity index (χ0) is 21.1. The van der Waals surface area contributed by atoms with Crippen molar-refractivity contribution >= 4 is 23.4 Å². The number of aryl methyl sites for hydroxylation is 2. The molecule has 0 saturated carbocycles. The number of hydrogen-bond acceptors (Lipinski definition) is 5. The van der Waals surface area contributed by atoms with Crippen LogP contribution in [0.3, 0.4) is 0 Å². The van der Waals surface area contributed by atoms with Gasteiger partial charge in [0.2, 0.25) is 0 Å². The lowest BCUT2D eigenvalue weighted by Crippen LogP contribution is -2.50. The standard InChI is InChI=1S/C22H29FN6O/c1-16-6-7-18(14-19(16)23)26-22(30)29-12-10-28(11-13-29)21-15-20(24-17(2)25-21)27-8-4-3-5-9-27/h6-7,14-15H,3-5,8-13H2,1-2H3,(H,26,30). The largest absolute Gasteiger partial charge is 0.356 e. The van der Waals surface area contributed by atoms with Crippen LogP contribution in [0.1, 0.15) is 30.7 Å². The van der Waals surface area contributed by atoms with E-state index >= 15 is 0 Å². The molecule has 0 radical (unpaired) electrons. The summed E-state index contributed by atoms with van der Waals surface area (Å²) in [6.45, 7) is 8.29. The lowest BCUT2D eigenvalue weighted by Gasteiger charge is -2.36. The van der Waals surface area contributed by atoms with Gasteiger partial charge in [-0.15, -0.1) is 0 Å². The molecule has 0 aliphatic carbocycles. The number of rotatable bonds is 3. The molecule has 2 aliphatic rings. The van der Waals surface area contributed by atoms with E-state index in [1.807, 2.05) is 6.92 Å². The normalized spacial score (nSPS) is 17.2. The van der Waals surface area contributed by atoms with Gasteiger partial charge in [0.05, 0.1) is 0 Å². The first kappa shape index (κ1) is 20.4. The first-order valence-electron chi connectivity index (χ1n) is 10.7. The fourth-order valence-electron chi connectivity index (χ4n) is 4.00. The molecule has 2 fully saturated rings. The summed E-state index contributed by atoms with van der Waals surface area (Å²) < 4.78 is 13.7. The predicted molar refractivity (Wildman–Crippen MR) is 117 cm³/mol. The summed E-state index contributed by atoms with van der Waals surface area (Å²) in [5.41, 5.74) is 1.04. The number of amides is 2. The van der Waals surface area contributed by atoms with Crippen LogP contribution in [0, 0.1) is 19.7 Å². The average molecular weight is 413 g/mol. The van der Waals surface area contributed by atoms with Gasteiger partial charge < -0.3 is 20.0 Å². The van der Waals surface area contributed by atoms with Gasteiger partial charge >= 0.3 is 6.03 Å². The van der Waals surface area contributed by atoms with Crippen LogP contribution in [-0.4, -0.2) is 60.2 Å². The highest BCUT2D eigenvalue weighted by molar-refractivity contribution is 5.89. The van der Waals surface area contributed by atoms with E-state index in [0.29, 0.717) is 37.4 Å². The second-order valence-corrected chi connectivity index (χ2v) is 8.05. The second kappa shape index (κ2) is 8.85. The Hall–Kier alpha value is -2.90. The monoisotopic (exact) mass is 412 g/mol. The molecule has 8 heteroatoms. The summed E-state index contributed by atoms with van der Waals surface area (Å²) in [4.78, 5) is 28.1. The van der Waals surface area contributed by atoms with Gasteiger partial charge in [-0.05, 0) is 50.8 Å². The molecule has 2 amide bonds. The number of halogens is 1. The van der Waals surface area contributed by atoms with Crippen LogP contribution in [0.15, 0.2) is 24.3 Å². The molecule has 1 aromatic carbocycles. The predicted octanol–water partition coefficient (Wildman–Crippen LogP) is 3.58. The number of hydrogen-bond donors (Lipinski definition) is 1. The fraction of sp³-hybridized carbons (Fsp3) is 0.500. The Bertz CT molecular complexity index is 906. The van der Waals surface area contributed by atoms with E-state index in [-0.39, 0.29) is 11.8 Å². The number of carbonyl (C=O) groups excluding carboxylic acids is 1. The van der Waals surface area contributed by atoms with Crippen molar-refractivity contribution < 1.29 is 9.18 Å². The number of nitrogens with one attached hydrogen (secondary N) is 1. The number of urea groups is 1. The first-order chi connectivity index (χ1) is 14.5. The average Bonchev–Trinajstić information content (AvgIpc) is 2.76. The van der Waals surface area contributed by atoms with E-state index in [4.69, 9.17) is 0 Å². The van der Waals surface area contributed by atoms with Crippen molar-refractivity contribution in [1.29, 1.82) is 0 Å². The van der Waals surface area contributed by atoms with Crippen LogP contribution in [-0.2, 0) is 0 Å². The minimum Gasteiger partial charge on any atom is -0.356 e. The zero-order valence-electron chi connectivity index (χ0n) is 17.7. The number of benzene rings is 1. The van der Waals surface area contributed by atoms with E-state index in [1.165, 1.54) is 25.3 Å². The Labute approximate surface area is 176 Å². The maximum Gasteiger partial charge on any atom is 0.321 e. The first-order valence-corrected chi connectivity index (χ1v) is 10.7. The third-order valence-electron chi connectivity index (χ3n) is 5.80. The van der Waals surface area contributed by atoms with Gasteiger partial charge in [0.15, 0.2) is 0 Å². The topological polar surface area (TPSA) is 64.6 Å². The van der Waals surface area contributed by atoms with Crippen molar-refractivity contribution in [2.75, 3.05) is 54.4 Å². The molecule has 0 unspecified atom stereocenters. The minimum absolute atomic E-state index is 0.203. The van der Waals surface area contributed by atoms with Gasteiger partial charge in [0, 0.05) is 51.0 Å². The van der Waals surface area contributed by atoms with E-state index in [1.54, 1.807) is 24.0 Å². The Morgan fingerprint density at radius 2 is 1.53 bits per heavy atom. The van der Waals surface area contributed by atoms with E-state index in [0.717, 1.165) is 30.5 Å². The summed E-state index contributed by atoms with van der Waals surface area (Å²) >= 11 is 0. The van der Waals surface area contributed by atoms with Crippen LogP contribution in [0.25, 0.3) is 0 Å². The molecule has 1 aromatic heterocycles. The van der Waals surface area contributed by atoms with Crippen molar-refractivity contribution in [3.05, 3.63) is 41.5 Å². The minimum atomic E-state index is -0.318. The summed E-state index contributed by atoms with van der Waals surface area (Å²) in [5.74, 6) is 2.37. The van der Waals surface area contributed by atoms with Gasteiger partial charge in [-0.25, -0.2) is 19.2 Å². The number of piperazine rings is 1. The smallest absolute Gasteiger partial charge is 0.321 e. The Morgan fingerprint density at radius 3 is 2.17 bits per heavy atom.